The van der Waals surface area contributed by atoms with Gasteiger partial charge in [-0.3, -0.25) is 20.1 Å². The molecule has 0 unspecified atom stereocenters. The SMILES string of the molecule is CN(C)Cc1cncc(-c2cnc3[nH]nc(-c4nc5c(-c6cccnc6)cncc5[nH]4)c3c2)c1. The topological polar surface area (TPSA) is 112 Å². The summed E-state index contributed by atoms with van der Waals surface area (Å²) in [5.41, 5.74) is 8.04. The predicted molar refractivity (Wildman–Crippen MR) is 131 cm³/mol. The van der Waals surface area contributed by atoms with E-state index < -0.39 is 0 Å². The molecular weight excluding hydrogens is 426 g/mol. The van der Waals surface area contributed by atoms with E-state index in [4.69, 9.17) is 4.98 Å². The van der Waals surface area contributed by atoms with E-state index in [1.165, 1.54) is 0 Å². The fraction of sp³-hybridized carbons (Fsp3) is 0.120. The molecule has 0 saturated carbocycles. The van der Waals surface area contributed by atoms with Crippen molar-refractivity contribution in [2.24, 2.45) is 0 Å². The highest BCUT2D eigenvalue weighted by atomic mass is 15.2. The van der Waals surface area contributed by atoms with Gasteiger partial charge in [-0.05, 0) is 37.9 Å². The van der Waals surface area contributed by atoms with Gasteiger partial charge in [0.05, 0.1) is 17.1 Å². The van der Waals surface area contributed by atoms with Gasteiger partial charge in [0, 0.05) is 66.0 Å². The maximum absolute atomic E-state index is 4.88. The number of fused-ring (bicyclic) bond motifs is 2. The lowest BCUT2D eigenvalue weighted by Gasteiger charge is -2.10. The van der Waals surface area contributed by atoms with Crippen molar-refractivity contribution >= 4 is 22.1 Å². The minimum atomic E-state index is 0.651. The molecule has 6 aromatic rings. The third kappa shape index (κ3) is 3.57. The van der Waals surface area contributed by atoms with E-state index in [1.807, 2.05) is 51.0 Å². The molecular formula is C25H21N9. The molecule has 6 aromatic heterocycles. The number of imidazole rings is 1. The van der Waals surface area contributed by atoms with Crippen LogP contribution in [0.25, 0.3) is 55.8 Å². The second kappa shape index (κ2) is 8.13. The molecule has 6 rings (SSSR count). The van der Waals surface area contributed by atoms with Crippen molar-refractivity contribution in [2.75, 3.05) is 14.1 Å². The molecule has 34 heavy (non-hydrogen) atoms. The Hall–Kier alpha value is -4.50. The highest BCUT2D eigenvalue weighted by Gasteiger charge is 2.17. The van der Waals surface area contributed by atoms with Crippen LogP contribution < -0.4 is 0 Å². The van der Waals surface area contributed by atoms with Crippen molar-refractivity contribution in [3.63, 3.8) is 0 Å². The summed E-state index contributed by atoms with van der Waals surface area (Å²) in [6.45, 7) is 0.819. The first-order valence-corrected chi connectivity index (χ1v) is 10.8. The van der Waals surface area contributed by atoms with Crippen molar-refractivity contribution in [1.29, 1.82) is 0 Å². The van der Waals surface area contributed by atoms with E-state index in [9.17, 15) is 0 Å². The van der Waals surface area contributed by atoms with Gasteiger partial charge in [0.25, 0.3) is 0 Å². The molecule has 0 fully saturated rings. The Balaban J connectivity index is 1.45. The molecule has 6 heterocycles. The molecule has 0 aliphatic heterocycles. The average Bonchev–Trinajstić information content (AvgIpc) is 3.48. The number of hydrogen-bond donors (Lipinski definition) is 2. The molecule has 0 radical (unpaired) electrons. The first kappa shape index (κ1) is 20.1. The van der Waals surface area contributed by atoms with Gasteiger partial charge in [0.15, 0.2) is 11.5 Å². The lowest BCUT2D eigenvalue weighted by Crippen LogP contribution is -2.10. The van der Waals surface area contributed by atoms with Crippen LogP contribution in [0.2, 0.25) is 0 Å². The van der Waals surface area contributed by atoms with E-state index in [0.29, 0.717) is 17.2 Å². The van der Waals surface area contributed by atoms with Gasteiger partial charge in [0.1, 0.15) is 11.2 Å². The summed E-state index contributed by atoms with van der Waals surface area (Å²) >= 11 is 0. The van der Waals surface area contributed by atoms with Crippen LogP contribution in [0.15, 0.2) is 67.6 Å². The Bertz CT molecular complexity index is 1620. The largest absolute Gasteiger partial charge is 0.335 e. The number of rotatable bonds is 5. The van der Waals surface area contributed by atoms with Gasteiger partial charge in [-0.1, -0.05) is 6.07 Å². The number of nitrogens with zero attached hydrogens (tertiary/aromatic N) is 7. The minimum Gasteiger partial charge on any atom is -0.335 e. The Morgan fingerprint density at radius 1 is 0.882 bits per heavy atom. The van der Waals surface area contributed by atoms with Crippen molar-refractivity contribution in [3.05, 3.63) is 73.2 Å². The minimum absolute atomic E-state index is 0.651. The summed E-state index contributed by atoms with van der Waals surface area (Å²) in [7, 11) is 4.08. The summed E-state index contributed by atoms with van der Waals surface area (Å²) in [6, 6.07) is 8.11. The summed E-state index contributed by atoms with van der Waals surface area (Å²) in [5, 5.41) is 8.42. The Morgan fingerprint density at radius 3 is 2.59 bits per heavy atom. The van der Waals surface area contributed by atoms with Crippen molar-refractivity contribution in [3.8, 4) is 33.8 Å². The van der Waals surface area contributed by atoms with Crippen LogP contribution in [-0.4, -0.2) is 59.1 Å². The van der Waals surface area contributed by atoms with Crippen LogP contribution in [0, 0.1) is 0 Å². The lowest BCUT2D eigenvalue weighted by molar-refractivity contribution is 0.402. The van der Waals surface area contributed by atoms with Gasteiger partial charge < -0.3 is 9.88 Å². The summed E-state index contributed by atoms with van der Waals surface area (Å²) in [4.78, 5) is 28.0. The normalized spacial score (nSPS) is 11.6. The zero-order valence-electron chi connectivity index (χ0n) is 18.7. The average molecular weight is 448 g/mol. The van der Waals surface area contributed by atoms with E-state index in [0.717, 1.165) is 50.8 Å². The predicted octanol–water partition coefficient (Wildman–Crippen LogP) is 4.08. The number of aromatic amines is 2. The lowest BCUT2D eigenvalue weighted by atomic mass is 10.1. The van der Waals surface area contributed by atoms with Crippen molar-refractivity contribution in [1.82, 2.24) is 45.0 Å². The van der Waals surface area contributed by atoms with Crippen molar-refractivity contribution < 1.29 is 0 Å². The molecule has 0 saturated heterocycles. The molecule has 0 amide bonds. The number of aromatic nitrogens is 8. The number of H-pyrrole nitrogens is 2. The highest BCUT2D eigenvalue weighted by molar-refractivity contribution is 5.96. The fourth-order valence-electron chi connectivity index (χ4n) is 4.12. The van der Waals surface area contributed by atoms with Crippen LogP contribution in [0.3, 0.4) is 0 Å². The molecule has 0 aromatic carbocycles. The maximum atomic E-state index is 4.88. The molecule has 0 aliphatic carbocycles. The summed E-state index contributed by atoms with van der Waals surface area (Å²) in [5.74, 6) is 0.651. The van der Waals surface area contributed by atoms with E-state index >= 15 is 0 Å². The molecule has 0 spiro atoms. The Labute approximate surface area is 195 Å². The number of nitrogens with one attached hydrogen (secondary N) is 2. The Kier molecular flexibility index (Phi) is 4.81. The smallest absolute Gasteiger partial charge is 0.159 e. The zero-order valence-corrected chi connectivity index (χ0v) is 18.7. The molecule has 0 aliphatic rings. The first-order valence-electron chi connectivity index (χ1n) is 10.8. The van der Waals surface area contributed by atoms with Gasteiger partial charge in [-0.15, -0.1) is 0 Å². The molecule has 9 nitrogen and oxygen atoms in total. The molecule has 0 bridgehead atoms. The van der Waals surface area contributed by atoms with E-state index in [1.54, 1.807) is 18.6 Å². The van der Waals surface area contributed by atoms with Crippen LogP contribution in [0.4, 0.5) is 0 Å². The Morgan fingerprint density at radius 2 is 1.74 bits per heavy atom. The third-order valence-electron chi connectivity index (χ3n) is 5.63. The second-order valence-electron chi connectivity index (χ2n) is 8.42. The van der Waals surface area contributed by atoms with Crippen LogP contribution in [0.1, 0.15) is 5.56 Å². The third-order valence-corrected chi connectivity index (χ3v) is 5.63. The quantitative estimate of drug-likeness (QED) is 0.409. The highest BCUT2D eigenvalue weighted by Crippen LogP contribution is 2.31. The second-order valence-corrected chi connectivity index (χ2v) is 8.42. The standard InChI is InChI=1S/C25H21N9/c1-34(2)14-15-6-17(10-27-8-15)18-7-19-23(32-33-24(19)29-11-18)25-30-21-13-28-12-20(22(21)31-25)16-4-3-5-26-9-16/h3-13H,14H2,1-2H3,(H,30,31)(H,29,32,33). The first-order chi connectivity index (χ1) is 16.7. The maximum Gasteiger partial charge on any atom is 0.159 e. The molecule has 166 valence electrons. The molecule has 2 N–H and O–H groups in total. The van der Waals surface area contributed by atoms with Gasteiger partial charge in [0.2, 0.25) is 0 Å². The van der Waals surface area contributed by atoms with E-state index in [2.05, 4.69) is 52.1 Å². The molecule has 0 atom stereocenters. The fourth-order valence-corrected chi connectivity index (χ4v) is 4.12. The number of pyridine rings is 4. The van der Waals surface area contributed by atoms with Gasteiger partial charge >= 0.3 is 0 Å². The van der Waals surface area contributed by atoms with Crippen LogP contribution in [-0.2, 0) is 6.54 Å². The van der Waals surface area contributed by atoms with Crippen LogP contribution in [0.5, 0.6) is 0 Å². The van der Waals surface area contributed by atoms with E-state index in [-0.39, 0.29) is 0 Å². The van der Waals surface area contributed by atoms with Gasteiger partial charge in [-0.2, -0.15) is 5.10 Å². The summed E-state index contributed by atoms with van der Waals surface area (Å²) in [6.07, 6.45) is 12.7. The monoisotopic (exact) mass is 447 g/mol. The zero-order chi connectivity index (χ0) is 23.1. The molecule has 9 heteroatoms. The summed E-state index contributed by atoms with van der Waals surface area (Å²) < 4.78 is 0. The van der Waals surface area contributed by atoms with Crippen LogP contribution >= 0.6 is 0 Å². The van der Waals surface area contributed by atoms with Gasteiger partial charge in [-0.25, -0.2) is 9.97 Å². The number of hydrogen-bond acceptors (Lipinski definition) is 7. The van der Waals surface area contributed by atoms with Crippen molar-refractivity contribution in [2.45, 2.75) is 6.54 Å².